The highest BCUT2D eigenvalue weighted by Crippen LogP contribution is 2.38. The lowest BCUT2D eigenvalue weighted by Gasteiger charge is -2.45. The molecular weight excluding hydrogens is 284 g/mol. The highest BCUT2D eigenvalue weighted by Gasteiger charge is 2.41. The van der Waals surface area contributed by atoms with Crippen molar-refractivity contribution in [3.05, 3.63) is 29.0 Å². The van der Waals surface area contributed by atoms with Crippen LogP contribution in [0.25, 0.3) is 0 Å². The molecular formula is C17H27ClN2O. The molecule has 0 bridgehead atoms. The summed E-state index contributed by atoms with van der Waals surface area (Å²) in [4.78, 5) is 4.07. The second-order valence-corrected chi connectivity index (χ2v) is 6.60. The maximum absolute atomic E-state index is 6.28. The molecule has 1 aromatic rings. The molecule has 1 aliphatic rings. The van der Waals surface area contributed by atoms with E-state index >= 15 is 0 Å². The molecule has 0 aliphatic heterocycles. The zero-order valence-electron chi connectivity index (χ0n) is 13.4. The first kappa shape index (κ1) is 16.7. The average molecular weight is 311 g/mol. The smallest absolute Gasteiger partial charge is 0.0837 e. The molecule has 1 aliphatic carbocycles. The Morgan fingerprint density at radius 2 is 2.19 bits per heavy atom. The topological polar surface area (TPSA) is 34.1 Å². The van der Waals surface area contributed by atoms with Gasteiger partial charge in [0.25, 0.3) is 0 Å². The van der Waals surface area contributed by atoms with Gasteiger partial charge in [0.05, 0.1) is 10.6 Å². The molecule has 1 saturated carbocycles. The molecule has 21 heavy (non-hydrogen) atoms. The standard InChI is InChI=1S/C17H27ClN2O/c1-4-21-17(8-5-13(2)6-9-17)16(19-3)11-14-7-10-20-12-15(14)18/h7,10,12-13,16,19H,4-6,8-9,11H2,1-3H3. The number of hydrogen-bond donors (Lipinski definition) is 1. The molecule has 1 heterocycles. The lowest BCUT2D eigenvalue weighted by molar-refractivity contribution is -0.0947. The van der Waals surface area contributed by atoms with Crippen LogP contribution in [-0.2, 0) is 11.2 Å². The molecule has 1 unspecified atom stereocenters. The molecule has 0 amide bonds. The molecule has 0 aromatic carbocycles. The van der Waals surface area contributed by atoms with E-state index in [0.29, 0.717) is 0 Å². The molecule has 1 aromatic heterocycles. The number of rotatable bonds is 6. The summed E-state index contributed by atoms with van der Waals surface area (Å²) in [7, 11) is 2.03. The predicted octanol–water partition coefficient (Wildman–Crippen LogP) is 3.85. The maximum atomic E-state index is 6.28. The Morgan fingerprint density at radius 3 is 2.76 bits per heavy atom. The Bertz CT molecular complexity index is 444. The van der Waals surface area contributed by atoms with Crippen LogP contribution in [-0.4, -0.2) is 30.3 Å². The molecule has 1 atom stereocenters. The lowest BCUT2D eigenvalue weighted by Crippen LogP contribution is -2.54. The van der Waals surface area contributed by atoms with Crippen LogP contribution < -0.4 is 5.32 Å². The number of ether oxygens (including phenoxy) is 1. The third kappa shape index (κ3) is 3.97. The van der Waals surface area contributed by atoms with Crippen molar-refractivity contribution in [1.82, 2.24) is 10.3 Å². The van der Waals surface area contributed by atoms with E-state index in [1.165, 1.54) is 12.8 Å². The average Bonchev–Trinajstić information content (AvgIpc) is 2.49. The van der Waals surface area contributed by atoms with Gasteiger partial charge in [0.1, 0.15) is 0 Å². The second kappa shape index (κ2) is 7.57. The molecule has 0 saturated heterocycles. The summed E-state index contributed by atoms with van der Waals surface area (Å²) in [5.74, 6) is 0.806. The van der Waals surface area contributed by atoms with Gasteiger partial charge in [-0.2, -0.15) is 0 Å². The van der Waals surface area contributed by atoms with Gasteiger partial charge in [0.2, 0.25) is 0 Å². The van der Waals surface area contributed by atoms with Crippen molar-refractivity contribution in [2.75, 3.05) is 13.7 Å². The van der Waals surface area contributed by atoms with Crippen molar-refractivity contribution >= 4 is 11.6 Å². The van der Waals surface area contributed by atoms with E-state index in [4.69, 9.17) is 16.3 Å². The van der Waals surface area contributed by atoms with Crippen LogP contribution in [0.4, 0.5) is 0 Å². The zero-order valence-corrected chi connectivity index (χ0v) is 14.1. The Labute approximate surface area is 133 Å². The predicted molar refractivity (Wildman–Crippen MR) is 87.8 cm³/mol. The van der Waals surface area contributed by atoms with Crippen molar-refractivity contribution in [3.8, 4) is 0 Å². The van der Waals surface area contributed by atoms with Gasteiger partial charge in [0.15, 0.2) is 0 Å². The summed E-state index contributed by atoms with van der Waals surface area (Å²) in [5.41, 5.74) is 1.08. The summed E-state index contributed by atoms with van der Waals surface area (Å²) in [6.45, 7) is 5.19. The van der Waals surface area contributed by atoms with Gasteiger partial charge in [0, 0.05) is 25.0 Å². The van der Waals surface area contributed by atoms with Crippen LogP contribution in [0.2, 0.25) is 5.02 Å². The number of nitrogens with zero attached hydrogens (tertiary/aromatic N) is 1. The number of halogens is 1. The highest BCUT2D eigenvalue weighted by atomic mass is 35.5. The largest absolute Gasteiger partial charge is 0.374 e. The van der Waals surface area contributed by atoms with Gasteiger partial charge in [-0.1, -0.05) is 18.5 Å². The van der Waals surface area contributed by atoms with Crippen LogP contribution in [0, 0.1) is 5.92 Å². The molecule has 0 radical (unpaired) electrons. The minimum Gasteiger partial charge on any atom is -0.374 e. The Hall–Kier alpha value is -0.640. The fraction of sp³-hybridized carbons (Fsp3) is 0.706. The van der Waals surface area contributed by atoms with Gasteiger partial charge in [-0.3, -0.25) is 4.98 Å². The molecule has 3 nitrogen and oxygen atoms in total. The number of hydrogen-bond acceptors (Lipinski definition) is 3. The quantitative estimate of drug-likeness (QED) is 0.866. The van der Waals surface area contributed by atoms with E-state index in [1.54, 1.807) is 6.20 Å². The minimum atomic E-state index is -0.0669. The lowest BCUT2D eigenvalue weighted by atomic mass is 9.74. The third-order valence-electron chi connectivity index (χ3n) is 4.82. The fourth-order valence-electron chi connectivity index (χ4n) is 3.47. The zero-order chi connectivity index (χ0) is 15.3. The van der Waals surface area contributed by atoms with Crippen LogP contribution in [0.15, 0.2) is 18.5 Å². The monoisotopic (exact) mass is 310 g/mol. The van der Waals surface area contributed by atoms with E-state index in [9.17, 15) is 0 Å². The number of nitrogens with one attached hydrogen (secondary N) is 1. The van der Waals surface area contributed by atoms with Crippen molar-refractivity contribution in [1.29, 1.82) is 0 Å². The molecule has 1 fully saturated rings. The van der Waals surface area contributed by atoms with Gasteiger partial charge >= 0.3 is 0 Å². The highest BCUT2D eigenvalue weighted by molar-refractivity contribution is 6.31. The number of aromatic nitrogens is 1. The number of likely N-dealkylation sites (N-methyl/N-ethyl adjacent to an activating group) is 1. The van der Waals surface area contributed by atoms with E-state index in [1.807, 2.05) is 19.3 Å². The van der Waals surface area contributed by atoms with Gasteiger partial charge in [-0.25, -0.2) is 0 Å². The van der Waals surface area contributed by atoms with Gasteiger partial charge in [-0.15, -0.1) is 0 Å². The first-order valence-electron chi connectivity index (χ1n) is 8.01. The summed E-state index contributed by atoms with van der Waals surface area (Å²) in [6, 6.07) is 2.29. The van der Waals surface area contributed by atoms with Crippen molar-refractivity contribution in [3.63, 3.8) is 0 Å². The van der Waals surface area contributed by atoms with E-state index in [2.05, 4.69) is 24.1 Å². The summed E-state index contributed by atoms with van der Waals surface area (Å²) in [5, 5.41) is 4.23. The van der Waals surface area contributed by atoms with Crippen LogP contribution in [0.3, 0.4) is 0 Å². The summed E-state index contributed by atoms with van der Waals surface area (Å²) < 4.78 is 6.26. The van der Waals surface area contributed by atoms with Crippen molar-refractivity contribution in [2.24, 2.45) is 5.92 Å². The molecule has 2 rings (SSSR count). The van der Waals surface area contributed by atoms with Crippen LogP contribution in [0.5, 0.6) is 0 Å². The van der Waals surface area contributed by atoms with Gasteiger partial charge in [-0.05, 0) is 63.6 Å². The van der Waals surface area contributed by atoms with Crippen molar-refractivity contribution < 1.29 is 4.74 Å². The fourth-order valence-corrected chi connectivity index (χ4v) is 3.67. The molecule has 118 valence electrons. The Kier molecular flexibility index (Phi) is 6.03. The van der Waals surface area contributed by atoms with Crippen LogP contribution >= 0.6 is 11.6 Å². The summed E-state index contributed by atoms with van der Waals surface area (Å²) >= 11 is 6.28. The first-order chi connectivity index (χ1) is 10.1. The molecule has 0 spiro atoms. The SMILES string of the molecule is CCOC1(C(Cc2ccncc2Cl)NC)CCC(C)CC1. The van der Waals surface area contributed by atoms with E-state index in [0.717, 1.165) is 42.4 Å². The van der Waals surface area contributed by atoms with E-state index < -0.39 is 0 Å². The molecule has 4 heteroatoms. The summed E-state index contributed by atoms with van der Waals surface area (Å²) in [6.07, 6.45) is 9.13. The van der Waals surface area contributed by atoms with Gasteiger partial charge < -0.3 is 10.1 Å². The Morgan fingerprint density at radius 1 is 1.48 bits per heavy atom. The number of pyridine rings is 1. The second-order valence-electron chi connectivity index (χ2n) is 6.19. The minimum absolute atomic E-state index is 0.0669. The first-order valence-corrected chi connectivity index (χ1v) is 8.38. The van der Waals surface area contributed by atoms with Crippen LogP contribution in [0.1, 0.15) is 45.1 Å². The maximum Gasteiger partial charge on any atom is 0.0837 e. The Balaban J connectivity index is 2.18. The van der Waals surface area contributed by atoms with E-state index in [-0.39, 0.29) is 11.6 Å². The van der Waals surface area contributed by atoms with Crippen molar-refractivity contribution in [2.45, 2.75) is 57.6 Å². The third-order valence-corrected chi connectivity index (χ3v) is 5.16. The normalized spacial score (nSPS) is 27.5. The molecule has 1 N–H and O–H groups in total.